The number of hydrogen-bond acceptors (Lipinski definition) is 1. The molecule has 3 aliphatic carbocycles. The molecule has 0 spiro atoms. The molecule has 1 nitrogen and oxygen atoms in total. The van der Waals surface area contributed by atoms with E-state index in [-0.39, 0.29) is 16.2 Å². The Morgan fingerprint density at radius 3 is 1.23 bits per heavy atom. The highest BCUT2D eigenvalue weighted by molar-refractivity contribution is 5.97. The fourth-order valence-corrected chi connectivity index (χ4v) is 13.9. The summed E-state index contributed by atoms with van der Waals surface area (Å²) in [7, 11) is 0. The second-order valence-corrected chi connectivity index (χ2v) is 24.1. The van der Waals surface area contributed by atoms with E-state index in [9.17, 15) is 0 Å². The maximum absolute atomic E-state index is 2.51. The van der Waals surface area contributed by atoms with Gasteiger partial charge in [0.1, 0.15) is 0 Å². The molecule has 0 heterocycles. The molecule has 0 atom stereocenters. The van der Waals surface area contributed by atoms with Crippen LogP contribution in [0, 0.1) is 0 Å². The van der Waals surface area contributed by atoms with Crippen LogP contribution in [0.1, 0.15) is 98.5 Å². The molecule has 0 aliphatic heterocycles. The lowest BCUT2D eigenvalue weighted by Crippen LogP contribution is -2.29. The first-order valence-corrected chi connectivity index (χ1v) is 27.8. The molecule has 78 heavy (non-hydrogen) atoms. The van der Waals surface area contributed by atoms with Crippen LogP contribution in [0.15, 0.2) is 255 Å². The second-order valence-electron chi connectivity index (χ2n) is 24.1. The summed E-state index contributed by atoms with van der Waals surface area (Å²) in [6.07, 6.45) is 0. The van der Waals surface area contributed by atoms with Gasteiger partial charge >= 0.3 is 0 Å². The summed E-state index contributed by atoms with van der Waals surface area (Å²) in [5, 5.41) is 0. The molecule has 0 fully saturated rings. The lowest BCUT2D eigenvalue weighted by atomic mass is 9.65. The third kappa shape index (κ3) is 7.21. The van der Waals surface area contributed by atoms with Gasteiger partial charge in [-0.3, -0.25) is 0 Å². The van der Waals surface area contributed by atoms with Gasteiger partial charge in [-0.1, -0.05) is 249 Å². The summed E-state index contributed by atoms with van der Waals surface area (Å²) in [4.78, 5) is 2.48. The van der Waals surface area contributed by atoms with E-state index in [1.165, 1.54) is 117 Å². The van der Waals surface area contributed by atoms with Crippen molar-refractivity contribution in [2.45, 2.75) is 70.1 Å². The van der Waals surface area contributed by atoms with Crippen LogP contribution in [0.5, 0.6) is 0 Å². The predicted molar refractivity (Wildman–Crippen MR) is 329 cm³/mol. The van der Waals surface area contributed by atoms with Crippen molar-refractivity contribution < 1.29 is 0 Å². The zero-order valence-corrected chi connectivity index (χ0v) is 45.7. The lowest BCUT2D eigenvalue weighted by Gasteiger charge is -2.35. The molecule has 11 aromatic rings. The molecule has 0 unspecified atom stereocenters. The Balaban J connectivity index is 0.945. The third-order valence-electron chi connectivity index (χ3n) is 17.9. The Bertz CT molecular complexity index is 3990. The average molecular weight is 1000 g/mol. The number of nitrogens with zero attached hydrogens (tertiary/aromatic N) is 1. The van der Waals surface area contributed by atoms with Crippen LogP contribution >= 0.6 is 0 Å². The highest BCUT2D eigenvalue weighted by Gasteiger charge is 2.48. The van der Waals surface area contributed by atoms with Gasteiger partial charge in [-0.2, -0.15) is 0 Å². The molecule has 0 N–H and O–H groups in total. The van der Waals surface area contributed by atoms with Crippen molar-refractivity contribution in [3.05, 3.63) is 305 Å². The smallest absolute Gasteiger partial charge is 0.0719 e. The molecule has 0 saturated carbocycles. The van der Waals surface area contributed by atoms with Crippen LogP contribution in [0.25, 0.3) is 66.8 Å². The maximum Gasteiger partial charge on any atom is 0.0719 e. The van der Waals surface area contributed by atoms with Crippen LogP contribution in [-0.4, -0.2) is 0 Å². The van der Waals surface area contributed by atoms with Crippen LogP contribution in [0.4, 0.5) is 17.1 Å². The Labute approximate surface area is 461 Å². The van der Waals surface area contributed by atoms with Crippen molar-refractivity contribution in [1.29, 1.82) is 0 Å². The van der Waals surface area contributed by atoms with E-state index in [0.29, 0.717) is 0 Å². The minimum atomic E-state index is -0.623. The third-order valence-corrected chi connectivity index (χ3v) is 17.9. The molecule has 1 heteroatoms. The second kappa shape index (κ2) is 17.6. The molecule has 11 aromatic carbocycles. The van der Waals surface area contributed by atoms with Crippen molar-refractivity contribution in [1.82, 2.24) is 0 Å². The van der Waals surface area contributed by atoms with E-state index in [1.807, 2.05) is 0 Å². The zero-order valence-electron chi connectivity index (χ0n) is 45.7. The van der Waals surface area contributed by atoms with Gasteiger partial charge < -0.3 is 4.90 Å². The van der Waals surface area contributed by atoms with Crippen LogP contribution in [-0.2, 0) is 21.7 Å². The summed E-state index contributed by atoms with van der Waals surface area (Å²) >= 11 is 0. The fraction of sp³-hybridized carbons (Fsp3) is 0.143. The number of anilines is 3. The monoisotopic (exact) mass is 1000 g/mol. The zero-order chi connectivity index (χ0) is 53.1. The van der Waals surface area contributed by atoms with Crippen molar-refractivity contribution in [3.8, 4) is 66.8 Å². The van der Waals surface area contributed by atoms with E-state index in [2.05, 4.69) is 308 Å². The number of hydrogen-bond donors (Lipinski definition) is 0. The summed E-state index contributed by atoms with van der Waals surface area (Å²) in [6.45, 7) is 16.4. The SMILES string of the molecule is CC(C)(C)c1ccc(-c2cc(-c3ccccc3)c3c(c2)-c2ccc(-c4ccc(N(c5ccc6c(c5)C(C)(C)c5ccccc5-6)c5ccc6c(c5)C(C)(C)c5ccccc5-6)cc4)cc2C3(c2ccccc2)c2ccccc2)cc1. The Morgan fingerprint density at radius 2 is 0.692 bits per heavy atom. The van der Waals surface area contributed by atoms with E-state index < -0.39 is 5.41 Å². The Kier molecular flexibility index (Phi) is 10.8. The lowest BCUT2D eigenvalue weighted by molar-refractivity contribution is 0.590. The van der Waals surface area contributed by atoms with Crippen molar-refractivity contribution in [2.24, 2.45) is 0 Å². The van der Waals surface area contributed by atoms with Gasteiger partial charge in [-0.25, -0.2) is 0 Å². The summed E-state index contributed by atoms with van der Waals surface area (Å²) in [5.41, 5.74) is 29.6. The van der Waals surface area contributed by atoms with E-state index in [0.717, 1.165) is 17.1 Å². The average Bonchev–Trinajstić information content (AvgIpc) is 4.01. The van der Waals surface area contributed by atoms with Crippen LogP contribution < -0.4 is 4.90 Å². The topological polar surface area (TPSA) is 3.24 Å². The highest BCUT2D eigenvalue weighted by Crippen LogP contribution is 2.61. The minimum absolute atomic E-state index is 0.0628. The van der Waals surface area contributed by atoms with Gasteiger partial charge in [0, 0.05) is 27.9 Å². The molecule has 0 bridgehead atoms. The maximum atomic E-state index is 2.51. The Hall–Kier alpha value is -8.78. The molecular weight excluding hydrogens is 939 g/mol. The van der Waals surface area contributed by atoms with E-state index in [4.69, 9.17) is 0 Å². The molecular formula is C77H63N. The first-order valence-electron chi connectivity index (χ1n) is 27.8. The summed E-state index contributed by atoms with van der Waals surface area (Å²) in [5.74, 6) is 0. The van der Waals surface area contributed by atoms with Crippen LogP contribution in [0.3, 0.4) is 0 Å². The molecule has 0 amide bonds. The molecule has 0 saturated heterocycles. The number of rotatable bonds is 8. The predicted octanol–water partition coefficient (Wildman–Crippen LogP) is 20.4. The highest BCUT2D eigenvalue weighted by atomic mass is 15.1. The van der Waals surface area contributed by atoms with Gasteiger partial charge in [0.25, 0.3) is 0 Å². The quantitative estimate of drug-likeness (QED) is 0.147. The molecule has 376 valence electrons. The van der Waals surface area contributed by atoms with Gasteiger partial charge in [-0.15, -0.1) is 0 Å². The van der Waals surface area contributed by atoms with Crippen molar-refractivity contribution in [2.75, 3.05) is 4.90 Å². The molecule has 0 aromatic heterocycles. The first kappa shape index (κ1) is 47.7. The minimum Gasteiger partial charge on any atom is -0.310 e. The number of fused-ring (bicyclic) bond motifs is 9. The fourth-order valence-electron chi connectivity index (χ4n) is 13.9. The van der Waals surface area contributed by atoms with Gasteiger partial charge in [-0.05, 0) is 177 Å². The largest absolute Gasteiger partial charge is 0.310 e. The van der Waals surface area contributed by atoms with Crippen molar-refractivity contribution >= 4 is 17.1 Å². The van der Waals surface area contributed by atoms with Crippen molar-refractivity contribution in [3.63, 3.8) is 0 Å². The van der Waals surface area contributed by atoms with E-state index in [1.54, 1.807) is 0 Å². The molecule has 3 aliphatic rings. The normalized spacial score (nSPS) is 14.7. The summed E-state index contributed by atoms with van der Waals surface area (Å²) < 4.78 is 0. The van der Waals surface area contributed by atoms with Crippen LogP contribution in [0.2, 0.25) is 0 Å². The standard InChI is InChI=1S/C77H63N/c1-74(2,3)55-36-31-51(32-37-55)54-45-66(52-21-11-8-12-22-52)73-67(46-54)65-42-35-53(47-72(65)77(73,56-23-13-9-14-24-56)57-25-15-10-16-26-57)50-33-38-58(39-34-50)78(59-40-43-63-61-27-17-19-29-68(61)75(4,5)70(63)48-59)60-41-44-64-62-28-18-20-30-69(62)76(6,7)71(64)49-60/h8-49H,1-7H3. The van der Waals surface area contributed by atoms with Gasteiger partial charge in [0.15, 0.2) is 0 Å². The van der Waals surface area contributed by atoms with E-state index >= 15 is 0 Å². The molecule has 14 rings (SSSR count). The summed E-state index contributed by atoms with van der Waals surface area (Å²) in [6, 6.07) is 96.5. The van der Waals surface area contributed by atoms with Gasteiger partial charge in [0.2, 0.25) is 0 Å². The van der Waals surface area contributed by atoms with Gasteiger partial charge in [0.05, 0.1) is 5.41 Å². The Morgan fingerprint density at radius 1 is 0.282 bits per heavy atom. The first-order chi connectivity index (χ1) is 37.8. The molecule has 0 radical (unpaired) electrons. The number of benzene rings is 11.